The van der Waals surface area contributed by atoms with Gasteiger partial charge in [0.25, 0.3) is 11.8 Å². The number of anilines is 1. The maximum atomic E-state index is 14.0. The smallest absolute Gasteiger partial charge is 0.289 e. The van der Waals surface area contributed by atoms with E-state index in [4.69, 9.17) is 4.42 Å². The Labute approximate surface area is 194 Å². The Balaban J connectivity index is 1.21. The van der Waals surface area contributed by atoms with Crippen molar-refractivity contribution in [3.05, 3.63) is 81.8 Å². The molecule has 4 aromatic rings. The van der Waals surface area contributed by atoms with E-state index in [-0.39, 0.29) is 23.2 Å². The molecule has 0 radical (unpaired) electrons. The van der Waals surface area contributed by atoms with Crippen LogP contribution >= 0.6 is 11.3 Å². The van der Waals surface area contributed by atoms with Crippen LogP contribution in [0.25, 0.3) is 11.0 Å². The number of furan rings is 1. The first-order chi connectivity index (χ1) is 16.0. The number of nitrogens with one attached hydrogen (secondary N) is 1. The van der Waals surface area contributed by atoms with Gasteiger partial charge in [-0.3, -0.25) is 9.59 Å². The average molecular weight is 464 g/mol. The Morgan fingerprint density at radius 2 is 1.94 bits per heavy atom. The number of hydrogen-bond acceptors (Lipinski definition) is 5. The number of nitrogens with zero attached hydrogens (tertiary/aromatic N) is 2. The molecule has 1 fully saturated rings. The molecule has 6 nitrogen and oxygen atoms in total. The Hall–Kier alpha value is -3.52. The van der Waals surface area contributed by atoms with Gasteiger partial charge in [0, 0.05) is 29.8 Å². The maximum Gasteiger partial charge on any atom is 0.289 e. The van der Waals surface area contributed by atoms with Crippen molar-refractivity contribution in [1.29, 1.82) is 0 Å². The summed E-state index contributed by atoms with van der Waals surface area (Å²) in [5.74, 6) is -0.486. The van der Waals surface area contributed by atoms with Gasteiger partial charge in [0.05, 0.1) is 10.7 Å². The van der Waals surface area contributed by atoms with Crippen molar-refractivity contribution >= 4 is 39.8 Å². The number of benzene rings is 2. The van der Waals surface area contributed by atoms with Crippen LogP contribution < -0.4 is 5.32 Å². The Morgan fingerprint density at radius 1 is 1.15 bits per heavy atom. The van der Waals surface area contributed by atoms with E-state index in [1.54, 1.807) is 35.4 Å². The van der Waals surface area contributed by atoms with Crippen molar-refractivity contribution in [1.82, 2.24) is 9.88 Å². The van der Waals surface area contributed by atoms with Crippen molar-refractivity contribution < 1.29 is 18.4 Å². The minimum absolute atomic E-state index is 0.107. The summed E-state index contributed by atoms with van der Waals surface area (Å²) < 4.78 is 19.8. The van der Waals surface area contributed by atoms with Gasteiger partial charge in [-0.15, -0.1) is 11.3 Å². The standard InChI is InChI=1S/C25H22FN3O3S/c1-15-6-7-19(18(26)12-15)27-23(30)20-14-33-24(28-20)16-8-10-29(11-9-16)25(31)22-13-17-4-2-3-5-21(17)32-22/h2-7,12-14,16H,8-11H2,1H3,(H,27,30). The van der Waals surface area contributed by atoms with Crippen LogP contribution in [-0.4, -0.2) is 34.8 Å². The molecule has 168 valence electrons. The molecule has 0 saturated carbocycles. The molecule has 1 aliphatic heterocycles. The average Bonchev–Trinajstić information content (AvgIpc) is 3.48. The zero-order chi connectivity index (χ0) is 22.9. The second-order valence-corrected chi connectivity index (χ2v) is 9.11. The molecular formula is C25H22FN3O3S. The Bertz CT molecular complexity index is 1300. The van der Waals surface area contributed by atoms with E-state index in [1.807, 2.05) is 24.3 Å². The fourth-order valence-electron chi connectivity index (χ4n) is 4.06. The van der Waals surface area contributed by atoms with E-state index in [1.165, 1.54) is 17.4 Å². The Morgan fingerprint density at radius 3 is 2.70 bits per heavy atom. The van der Waals surface area contributed by atoms with Crippen molar-refractivity contribution in [2.24, 2.45) is 0 Å². The number of piperidine rings is 1. The summed E-state index contributed by atoms with van der Waals surface area (Å²) in [6.45, 7) is 2.98. The molecule has 0 spiro atoms. The number of carbonyl (C=O) groups is 2. The number of hydrogen-bond donors (Lipinski definition) is 1. The molecule has 2 amide bonds. The lowest BCUT2D eigenvalue weighted by Gasteiger charge is -2.30. The molecule has 0 unspecified atom stereocenters. The lowest BCUT2D eigenvalue weighted by atomic mass is 9.97. The van der Waals surface area contributed by atoms with Crippen LogP contribution in [0, 0.1) is 12.7 Å². The molecule has 0 aliphatic carbocycles. The van der Waals surface area contributed by atoms with Crippen molar-refractivity contribution in [3.63, 3.8) is 0 Å². The summed E-state index contributed by atoms with van der Waals surface area (Å²) in [6, 6.07) is 14.0. The summed E-state index contributed by atoms with van der Waals surface area (Å²) in [6.07, 6.45) is 1.51. The molecule has 33 heavy (non-hydrogen) atoms. The molecule has 1 saturated heterocycles. The van der Waals surface area contributed by atoms with Crippen LogP contribution in [0.4, 0.5) is 10.1 Å². The number of amides is 2. The number of aromatic nitrogens is 1. The van der Waals surface area contributed by atoms with Gasteiger partial charge in [-0.1, -0.05) is 24.3 Å². The third-order valence-corrected chi connectivity index (χ3v) is 6.90. The summed E-state index contributed by atoms with van der Waals surface area (Å²) in [7, 11) is 0. The van der Waals surface area contributed by atoms with Crippen molar-refractivity contribution in [3.8, 4) is 0 Å². The summed E-state index contributed by atoms with van der Waals surface area (Å²) in [4.78, 5) is 31.7. The fourth-order valence-corrected chi connectivity index (χ4v) is 5.03. The number of para-hydroxylation sites is 1. The van der Waals surface area contributed by atoms with Gasteiger partial charge < -0.3 is 14.6 Å². The maximum absolute atomic E-state index is 14.0. The third kappa shape index (κ3) is 4.39. The summed E-state index contributed by atoms with van der Waals surface area (Å²) >= 11 is 1.42. The first kappa shape index (κ1) is 21.3. The number of carbonyl (C=O) groups excluding carboxylic acids is 2. The minimum atomic E-state index is -0.472. The first-order valence-corrected chi connectivity index (χ1v) is 11.7. The molecule has 3 heterocycles. The molecule has 0 bridgehead atoms. The number of likely N-dealkylation sites (tertiary alicyclic amines) is 1. The lowest BCUT2D eigenvalue weighted by Crippen LogP contribution is -2.37. The molecular weight excluding hydrogens is 441 g/mol. The molecule has 1 N–H and O–H groups in total. The minimum Gasteiger partial charge on any atom is -0.451 e. The van der Waals surface area contributed by atoms with E-state index in [0.29, 0.717) is 24.4 Å². The Kier molecular flexibility index (Phi) is 5.68. The van der Waals surface area contributed by atoms with Crippen LogP contribution in [-0.2, 0) is 0 Å². The number of halogens is 1. The lowest BCUT2D eigenvalue weighted by molar-refractivity contribution is 0.0683. The number of fused-ring (bicyclic) bond motifs is 1. The van der Waals surface area contributed by atoms with Crippen molar-refractivity contribution in [2.45, 2.75) is 25.7 Å². The van der Waals surface area contributed by atoms with Gasteiger partial charge in [0.1, 0.15) is 17.1 Å². The largest absolute Gasteiger partial charge is 0.451 e. The quantitative estimate of drug-likeness (QED) is 0.427. The monoisotopic (exact) mass is 463 g/mol. The number of rotatable bonds is 4. The van der Waals surface area contributed by atoms with E-state index >= 15 is 0 Å². The SMILES string of the molecule is Cc1ccc(NC(=O)c2csc(C3CCN(C(=O)c4cc5ccccc5o4)CC3)n2)c(F)c1. The van der Waals surface area contributed by atoms with Gasteiger partial charge in [-0.05, 0) is 49.6 Å². The summed E-state index contributed by atoms with van der Waals surface area (Å²) in [5.41, 5.74) is 1.90. The normalized spacial score (nSPS) is 14.5. The van der Waals surface area contributed by atoms with Crippen LogP contribution in [0.1, 0.15) is 50.4 Å². The van der Waals surface area contributed by atoms with E-state index < -0.39 is 11.7 Å². The molecule has 2 aromatic heterocycles. The van der Waals surface area contributed by atoms with Gasteiger partial charge in [0.15, 0.2) is 5.76 Å². The van der Waals surface area contributed by atoms with Gasteiger partial charge in [0.2, 0.25) is 0 Å². The highest BCUT2D eigenvalue weighted by molar-refractivity contribution is 7.10. The molecule has 1 aliphatic rings. The highest BCUT2D eigenvalue weighted by Gasteiger charge is 2.28. The molecule has 0 atom stereocenters. The molecule has 8 heteroatoms. The van der Waals surface area contributed by atoms with Crippen LogP contribution in [0.2, 0.25) is 0 Å². The second kappa shape index (κ2) is 8.78. The number of thiazole rings is 1. The zero-order valence-electron chi connectivity index (χ0n) is 18.0. The molecule has 2 aromatic carbocycles. The second-order valence-electron chi connectivity index (χ2n) is 8.22. The predicted octanol–water partition coefficient (Wildman–Crippen LogP) is 5.61. The van der Waals surface area contributed by atoms with E-state index in [9.17, 15) is 14.0 Å². The highest BCUT2D eigenvalue weighted by atomic mass is 32.1. The van der Waals surface area contributed by atoms with Crippen LogP contribution in [0.3, 0.4) is 0 Å². The summed E-state index contributed by atoms with van der Waals surface area (Å²) in [5, 5.41) is 6.06. The topological polar surface area (TPSA) is 75.4 Å². The first-order valence-electron chi connectivity index (χ1n) is 10.8. The predicted molar refractivity (Wildman–Crippen MR) is 125 cm³/mol. The van der Waals surface area contributed by atoms with Gasteiger partial charge in [-0.25, -0.2) is 9.37 Å². The zero-order valence-corrected chi connectivity index (χ0v) is 18.8. The van der Waals surface area contributed by atoms with Crippen LogP contribution in [0.15, 0.2) is 58.3 Å². The fraction of sp³-hybridized carbons (Fsp3) is 0.240. The van der Waals surface area contributed by atoms with Crippen LogP contribution in [0.5, 0.6) is 0 Å². The van der Waals surface area contributed by atoms with Gasteiger partial charge >= 0.3 is 0 Å². The van der Waals surface area contributed by atoms with E-state index in [0.717, 1.165) is 28.8 Å². The van der Waals surface area contributed by atoms with Gasteiger partial charge in [-0.2, -0.15) is 0 Å². The third-order valence-electron chi connectivity index (χ3n) is 5.90. The molecule has 5 rings (SSSR count). The van der Waals surface area contributed by atoms with Crippen molar-refractivity contribution in [2.75, 3.05) is 18.4 Å². The number of aryl methyl sites for hydroxylation is 1. The highest BCUT2D eigenvalue weighted by Crippen LogP contribution is 2.31. The van der Waals surface area contributed by atoms with E-state index in [2.05, 4.69) is 10.3 Å².